The van der Waals surface area contributed by atoms with Gasteiger partial charge in [-0.1, -0.05) is 0 Å². The van der Waals surface area contributed by atoms with E-state index >= 15 is 0 Å². The maximum atomic E-state index is 12.0. The van der Waals surface area contributed by atoms with Crippen molar-refractivity contribution in [1.29, 1.82) is 0 Å². The van der Waals surface area contributed by atoms with E-state index in [9.17, 15) is 19.7 Å². The SMILES string of the molecule is COC(=O)c1cc([N+](=O)[O-])cnc1N1CC[C@@H](NC(=O)OC(C)(C)C)C1. The van der Waals surface area contributed by atoms with Crippen LogP contribution in [-0.2, 0) is 9.47 Å². The zero-order chi connectivity index (χ0) is 19.5. The molecule has 1 N–H and O–H groups in total. The third kappa shape index (κ3) is 4.80. The molecule has 1 atom stereocenters. The maximum Gasteiger partial charge on any atom is 0.407 e. The number of pyridine rings is 1. The largest absolute Gasteiger partial charge is 0.465 e. The number of carbonyl (C=O) groups is 2. The Hall–Kier alpha value is -2.91. The monoisotopic (exact) mass is 366 g/mol. The van der Waals surface area contributed by atoms with E-state index < -0.39 is 22.6 Å². The Bertz CT molecular complexity index is 715. The molecule has 10 heteroatoms. The van der Waals surface area contributed by atoms with E-state index in [-0.39, 0.29) is 23.1 Å². The van der Waals surface area contributed by atoms with E-state index in [2.05, 4.69) is 10.3 Å². The van der Waals surface area contributed by atoms with Gasteiger partial charge in [0, 0.05) is 19.2 Å². The molecular weight excluding hydrogens is 344 g/mol. The van der Waals surface area contributed by atoms with E-state index in [0.29, 0.717) is 19.5 Å². The van der Waals surface area contributed by atoms with Crippen LogP contribution in [0.15, 0.2) is 12.3 Å². The van der Waals surface area contributed by atoms with E-state index in [4.69, 9.17) is 9.47 Å². The summed E-state index contributed by atoms with van der Waals surface area (Å²) < 4.78 is 9.93. The first-order chi connectivity index (χ1) is 12.1. The molecule has 0 radical (unpaired) electrons. The minimum absolute atomic E-state index is 0.0135. The van der Waals surface area contributed by atoms with Gasteiger partial charge in [0.25, 0.3) is 5.69 Å². The molecule has 26 heavy (non-hydrogen) atoms. The van der Waals surface area contributed by atoms with Crippen molar-refractivity contribution in [3.63, 3.8) is 0 Å². The van der Waals surface area contributed by atoms with Crippen LogP contribution >= 0.6 is 0 Å². The maximum absolute atomic E-state index is 12.0. The van der Waals surface area contributed by atoms with Gasteiger partial charge in [-0.15, -0.1) is 0 Å². The van der Waals surface area contributed by atoms with E-state index in [1.165, 1.54) is 7.11 Å². The Kier molecular flexibility index (Phi) is 5.63. The highest BCUT2D eigenvalue weighted by atomic mass is 16.6. The summed E-state index contributed by atoms with van der Waals surface area (Å²) in [5.41, 5.74) is -0.878. The van der Waals surface area contributed by atoms with Gasteiger partial charge in [-0.05, 0) is 27.2 Å². The number of anilines is 1. The number of nitrogens with one attached hydrogen (secondary N) is 1. The molecule has 1 aliphatic heterocycles. The van der Waals surface area contributed by atoms with E-state index in [1.54, 1.807) is 25.7 Å². The van der Waals surface area contributed by atoms with Crippen molar-refractivity contribution in [2.45, 2.75) is 38.8 Å². The van der Waals surface area contributed by atoms with Crippen LogP contribution in [-0.4, -0.2) is 53.8 Å². The topological polar surface area (TPSA) is 124 Å². The Labute approximate surface area is 150 Å². The molecule has 0 saturated carbocycles. The van der Waals surface area contributed by atoms with Gasteiger partial charge in [-0.3, -0.25) is 10.1 Å². The van der Waals surface area contributed by atoms with Crippen LogP contribution in [0.2, 0.25) is 0 Å². The molecule has 0 unspecified atom stereocenters. The number of hydrogen-bond donors (Lipinski definition) is 1. The van der Waals surface area contributed by atoms with Gasteiger partial charge >= 0.3 is 12.1 Å². The molecule has 2 heterocycles. The van der Waals surface area contributed by atoms with Crippen molar-refractivity contribution in [1.82, 2.24) is 10.3 Å². The number of methoxy groups -OCH3 is 1. The summed E-state index contributed by atoms with van der Waals surface area (Å²) in [6, 6.07) is 0.954. The van der Waals surface area contributed by atoms with E-state index in [1.807, 2.05) is 0 Å². The number of ether oxygens (including phenoxy) is 2. The number of carbonyl (C=O) groups excluding carboxylic acids is 2. The Morgan fingerprint density at radius 3 is 2.69 bits per heavy atom. The number of esters is 1. The zero-order valence-electron chi connectivity index (χ0n) is 15.1. The Balaban J connectivity index is 2.13. The van der Waals surface area contributed by atoms with Crippen LogP contribution in [0, 0.1) is 10.1 Å². The lowest BCUT2D eigenvalue weighted by Gasteiger charge is -2.22. The molecular formula is C16H22N4O6. The van der Waals surface area contributed by atoms with Crippen molar-refractivity contribution >= 4 is 23.6 Å². The third-order valence-electron chi connectivity index (χ3n) is 3.68. The molecule has 1 aliphatic rings. The number of nitro groups is 1. The van der Waals surface area contributed by atoms with Gasteiger partial charge < -0.3 is 19.7 Å². The van der Waals surface area contributed by atoms with Crippen LogP contribution in [0.3, 0.4) is 0 Å². The molecule has 10 nitrogen and oxygen atoms in total. The fourth-order valence-electron chi connectivity index (χ4n) is 2.60. The number of amides is 1. The van der Waals surface area contributed by atoms with Gasteiger partial charge in [0.1, 0.15) is 23.2 Å². The Morgan fingerprint density at radius 1 is 1.42 bits per heavy atom. The second-order valence-electron chi connectivity index (χ2n) is 6.89. The molecule has 1 amide bonds. The first kappa shape index (κ1) is 19.4. The summed E-state index contributed by atoms with van der Waals surface area (Å²) in [6.45, 7) is 6.24. The van der Waals surface area contributed by atoms with Crippen molar-refractivity contribution in [3.05, 3.63) is 27.9 Å². The summed E-state index contributed by atoms with van der Waals surface area (Å²) in [4.78, 5) is 40.0. The molecule has 142 valence electrons. The lowest BCUT2D eigenvalue weighted by molar-refractivity contribution is -0.385. The number of hydrogen-bond acceptors (Lipinski definition) is 8. The highest BCUT2D eigenvalue weighted by Gasteiger charge is 2.30. The molecule has 1 aromatic rings. The number of nitrogens with zero attached hydrogens (tertiary/aromatic N) is 3. The first-order valence-corrected chi connectivity index (χ1v) is 8.08. The minimum atomic E-state index is -0.709. The summed E-state index contributed by atoms with van der Waals surface area (Å²) in [5.74, 6) is -0.421. The molecule has 1 aromatic heterocycles. The predicted octanol–water partition coefficient (Wildman–Crippen LogP) is 1.88. The summed E-state index contributed by atoms with van der Waals surface area (Å²) >= 11 is 0. The van der Waals surface area contributed by atoms with Crippen LogP contribution in [0.1, 0.15) is 37.6 Å². The van der Waals surface area contributed by atoms with Crippen molar-refractivity contribution < 1.29 is 24.0 Å². The molecule has 1 fully saturated rings. The van der Waals surface area contributed by atoms with Crippen LogP contribution in [0.4, 0.5) is 16.3 Å². The average Bonchev–Trinajstić information content (AvgIpc) is 2.99. The predicted molar refractivity (Wildman–Crippen MR) is 92.2 cm³/mol. The average molecular weight is 366 g/mol. The number of aromatic nitrogens is 1. The van der Waals surface area contributed by atoms with Crippen LogP contribution in [0.25, 0.3) is 0 Å². The summed E-state index contributed by atoms with van der Waals surface area (Å²) in [6.07, 6.45) is 1.20. The van der Waals surface area contributed by atoms with E-state index in [0.717, 1.165) is 12.3 Å². The molecule has 1 saturated heterocycles. The molecule has 0 aromatic carbocycles. The highest BCUT2D eigenvalue weighted by molar-refractivity contribution is 5.95. The summed E-state index contributed by atoms with van der Waals surface area (Å²) in [7, 11) is 1.20. The minimum Gasteiger partial charge on any atom is -0.465 e. The van der Waals surface area contributed by atoms with Gasteiger partial charge in [-0.2, -0.15) is 0 Å². The van der Waals surface area contributed by atoms with Gasteiger partial charge in [0.2, 0.25) is 0 Å². The fourth-order valence-corrected chi connectivity index (χ4v) is 2.60. The number of alkyl carbamates (subject to hydrolysis) is 1. The molecule has 0 bridgehead atoms. The van der Waals surface area contributed by atoms with Gasteiger partial charge in [0.15, 0.2) is 0 Å². The molecule has 2 rings (SSSR count). The Morgan fingerprint density at radius 2 is 2.12 bits per heavy atom. The lowest BCUT2D eigenvalue weighted by atomic mass is 10.2. The van der Waals surface area contributed by atoms with Crippen molar-refractivity contribution in [3.8, 4) is 0 Å². The lowest BCUT2D eigenvalue weighted by Crippen LogP contribution is -2.40. The van der Waals surface area contributed by atoms with Crippen LogP contribution in [0.5, 0.6) is 0 Å². The quantitative estimate of drug-likeness (QED) is 0.486. The second kappa shape index (κ2) is 7.54. The fraction of sp³-hybridized carbons (Fsp3) is 0.562. The van der Waals surface area contributed by atoms with Gasteiger partial charge in [0.05, 0.1) is 18.1 Å². The molecule has 0 aliphatic carbocycles. The van der Waals surface area contributed by atoms with Crippen molar-refractivity contribution in [2.24, 2.45) is 0 Å². The standard InChI is InChI=1S/C16H22N4O6/c1-16(2,3)26-15(22)18-10-5-6-19(9-10)13-12(14(21)25-4)7-11(8-17-13)20(23)24/h7-8,10H,5-6,9H2,1-4H3,(H,18,22)/t10-/m1/s1. The van der Waals surface area contributed by atoms with Gasteiger partial charge in [-0.25, -0.2) is 14.6 Å². The smallest absolute Gasteiger partial charge is 0.407 e. The first-order valence-electron chi connectivity index (χ1n) is 8.08. The summed E-state index contributed by atoms with van der Waals surface area (Å²) in [5, 5.41) is 13.7. The van der Waals surface area contributed by atoms with Crippen molar-refractivity contribution in [2.75, 3.05) is 25.1 Å². The number of rotatable bonds is 4. The van der Waals surface area contributed by atoms with Crippen LogP contribution < -0.4 is 10.2 Å². The normalized spacial score (nSPS) is 16.9. The third-order valence-corrected chi connectivity index (χ3v) is 3.68. The zero-order valence-corrected chi connectivity index (χ0v) is 15.1. The second-order valence-corrected chi connectivity index (χ2v) is 6.89. The highest BCUT2D eigenvalue weighted by Crippen LogP contribution is 2.26. The molecule has 0 spiro atoms.